The number of imidazole rings is 1. The van der Waals surface area contributed by atoms with Gasteiger partial charge in [0, 0.05) is 5.56 Å². The normalized spacial score (nSPS) is 11.9. The van der Waals surface area contributed by atoms with Crippen molar-refractivity contribution in [2.75, 3.05) is 0 Å². The molecule has 0 saturated heterocycles. The molecule has 96 valence electrons. The fraction of sp³-hybridized carbons (Fsp3) is 0.357. The zero-order chi connectivity index (χ0) is 13.5. The lowest BCUT2D eigenvalue weighted by molar-refractivity contribution is 0.523. The highest BCUT2D eigenvalue weighted by Crippen LogP contribution is 2.33. The number of aromatic nitrogens is 2. The summed E-state index contributed by atoms with van der Waals surface area (Å²) in [6.07, 6.45) is 1.73. The van der Waals surface area contributed by atoms with E-state index in [4.69, 9.17) is 11.6 Å². The number of rotatable bonds is 1. The predicted molar refractivity (Wildman–Crippen MR) is 72.4 cm³/mol. The summed E-state index contributed by atoms with van der Waals surface area (Å²) in [5.41, 5.74) is 2.02. The number of hydrogen-bond donors (Lipinski definition) is 1. The minimum Gasteiger partial charge on any atom is -0.342 e. The largest absolute Gasteiger partial charge is 0.342 e. The second-order valence-corrected chi connectivity index (χ2v) is 5.86. The molecule has 1 aromatic heterocycles. The SMILES string of the molecule is Cc1ncc(-c2cc(Cl)c(F)c(C(C)(C)C)c2)[nH]1. The molecule has 18 heavy (non-hydrogen) atoms. The van der Waals surface area contributed by atoms with E-state index in [0.29, 0.717) is 5.56 Å². The average molecular weight is 267 g/mol. The summed E-state index contributed by atoms with van der Waals surface area (Å²) in [5.74, 6) is 0.479. The molecule has 0 aliphatic heterocycles. The second kappa shape index (κ2) is 4.39. The molecule has 2 rings (SSSR count). The fourth-order valence-corrected chi connectivity index (χ4v) is 2.08. The molecule has 0 spiro atoms. The molecule has 0 radical (unpaired) electrons. The van der Waals surface area contributed by atoms with Crippen LogP contribution in [0.25, 0.3) is 11.3 Å². The van der Waals surface area contributed by atoms with Crippen molar-refractivity contribution in [3.63, 3.8) is 0 Å². The minimum atomic E-state index is -0.343. The number of H-pyrrole nitrogens is 1. The quantitative estimate of drug-likeness (QED) is 0.810. The van der Waals surface area contributed by atoms with E-state index in [1.54, 1.807) is 12.3 Å². The molecular weight excluding hydrogens is 251 g/mol. The van der Waals surface area contributed by atoms with Gasteiger partial charge in [-0.25, -0.2) is 9.37 Å². The van der Waals surface area contributed by atoms with Gasteiger partial charge >= 0.3 is 0 Å². The lowest BCUT2D eigenvalue weighted by Crippen LogP contribution is -2.14. The fourth-order valence-electron chi connectivity index (χ4n) is 1.86. The van der Waals surface area contributed by atoms with Crippen molar-refractivity contribution < 1.29 is 4.39 Å². The van der Waals surface area contributed by atoms with Gasteiger partial charge in [0.05, 0.1) is 16.9 Å². The zero-order valence-corrected chi connectivity index (χ0v) is 11.7. The molecule has 4 heteroatoms. The van der Waals surface area contributed by atoms with Gasteiger partial charge in [0.15, 0.2) is 0 Å². The Morgan fingerprint density at radius 1 is 1.28 bits per heavy atom. The van der Waals surface area contributed by atoms with Crippen LogP contribution in [0.1, 0.15) is 32.2 Å². The number of aryl methyl sites for hydroxylation is 1. The Labute approximate surface area is 111 Å². The van der Waals surface area contributed by atoms with Gasteiger partial charge in [0.25, 0.3) is 0 Å². The number of benzene rings is 1. The number of aromatic amines is 1. The van der Waals surface area contributed by atoms with Gasteiger partial charge in [-0.1, -0.05) is 32.4 Å². The van der Waals surface area contributed by atoms with Crippen LogP contribution in [0.2, 0.25) is 5.02 Å². The zero-order valence-electron chi connectivity index (χ0n) is 10.9. The van der Waals surface area contributed by atoms with E-state index in [-0.39, 0.29) is 16.3 Å². The molecule has 0 atom stereocenters. The Morgan fingerprint density at radius 3 is 2.44 bits per heavy atom. The third kappa shape index (κ3) is 2.41. The Balaban J connectivity index is 2.61. The van der Waals surface area contributed by atoms with E-state index < -0.39 is 0 Å². The molecule has 2 aromatic rings. The number of nitrogens with zero attached hydrogens (tertiary/aromatic N) is 1. The number of hydrogen-bond acceptors (Lipinski definition) is 1. The topological polar surface area (TPSA) is 28.7 Å². The van der Waals surface area contributed by atoms with Crippen LogP contribution < -0.4 is 0 Å². The van der Waals surface area contributed by atoms with Crippen LogP contribution in [0.3, 0.4) is 0 Å². The first-order valence-electron chi connectivity index (χ1n) is 5.80. The molecule has 1 aromatic carbocycles. The Kier molecular flexibility index (Phi) is 3.20. The Morgan fingerprint density at radius 2 is 1.94 bits per heavy atom. The van der Waals surface area contributed by atoms with Gasteiger partial charge in [-0.15, -0.1) is 0 Å². The summed E-state index contributed by atoms with van der Waals surface area (Å²) >= 11 is 5.97. The standard InChI is InChI=1S/C14H16ClFN2/c1-8-17-7-12(18-8)9-5-10(14(2,3)4)13(16)11(15)6-9/h5-7H,1-4H3,(H,17,18). The first kappa shape index (κ1) is 13.1. The molecule has 0 amide bonds. The van der Waals surface area contributed by atoms with Gasteiger partial charge in [0.2, 0.25) is 0 Å². The third-order valence-corrected chi connectivity index (χ3v) is 3.13. The Hall–Kier alpha value is -1.35. The maximum Gasteiger partial charge on any atom is 0.145 e. The summed E-state index contributed by atoms with van der Waals surface area (Å²) < 4.78 is 14.0. The summed E-state index contributed by atoms with van der Waals surface area (Å²) in [6.45, 7) is 7.76. The minimum absolute atomic E-state index is 0.143. The van der Waals surface area contributed by atoms with Crippen molar-refractivity contribution >= 4 is 11.6 Å². The lowest BCUT2D eigenvalue weighted by Gasteiger charge is -2.21. The van der Waals surface area contributed by atoms with Crippen molar-refractivity contribution in [1.82, 2.24) is 9.97 Å². The van der Waals surface area contributed by atoms with Crippen LogP contribution in [-0.4, -0.2) is 9.97 Å². The van der Waals surface area contributed by atoms with Crippen LogP contribution in [0.15, 0.2) is 18.3 Å². The molecule has 0 unspecified atom stereocenters. The van der Waals surface area contributed by atoms with E-state index >= 15 is 0 Å². The summed E-state index contributed by atoms with van der Waals surface area (Å²) in [6, 6.07) is 3.45. The highest BCUT2D eigenvalue weighted by Gasteiger charge is 2.22. The van der Waals surface area contributed by atoms with Gasteiger partial charge in [-0.3, -0.25) is 0 Å². The molecule has 1 N–H and O–H groups in total. The van der Waals surface area contributed by atoms with Crippen molar-refractivity contribution in [1.29, 1.82) is 0 Å². The van der Waals surface area contributed by atoms with Gasteiger partial charge in [0.1, 0.15) is 11.6 Å². The van der Waals surface area contributed by atoms with Crippen molar-refractivity contribution in [2.45, 2.75) is 33.1 Å². The van der Waals surface area contributed by atoms with E-state index in [2.05, 4.69) is 9.97 Å². The average Bonchev–Trinajstić information content (AvgIpc) is 2.67. The molecule has 0 aliphatic rings. The van der Waals surface area contributed by atoms with E-state index in [9.17, 15) is 4.39 Å². The Bertz CT molecular complexity index is 582. The van der Waals surface area contributed by atoms with Crippen molar-refractivity contribution in [2.24, 2.45) is 0 Å². The summed E-state index contributed by atoms with van der Waals surface area (Å²) in [7, 11) is 0. The molecule has 1 heterocycles. The first-order valence-corrected chi connectivity index (χ1v) is 6.18. The van der Waals surface area contributed by atoms with E-state index in [1.807, 2.05) is 33.8 Å². The van der Waals surface area contributed by atoms with Gasteiger partial charge < -0.3 is 4.98 Å². The highest BCUT2D eigenvalue weighted by molar-refractivity contribution is 6.31. The van der Waals surface area contributed by atoms with Crippen molar-refractivity contribution in [3.8, 4) is 11.3 Å². The van der Waals surface area contributed by atoms with Crippen molar-refractivity contribution in [3.05, 3.63) is 40.6 Å². The van der Waals surface area contributed by atoms with Crippen LogP contribution in [0, 0.1) is 12.7 Å². The molecule has 0 bridgehead atoms. The van der Waals surface area contributed by atoms with Gasteiger partial charge in [-0.2, -0.15) is 0 Å². The molecular formula is C14H16ClFN2. The predicted octanol–water partition coefficient (Wildman–Crippen LogP) is 4.48. The molecule has 2 nitrogen and oxygen atoms in total. The van der Waals surface area contributed by atoms with Crippen LogP contribution >= 0.6 is 11.6 Å². The molecule has 0 aliphatic carbocycles. The van der Waals surface area contributed by atoms with Crippen LogP contribution in [0.5, 0.6) is 0 Å². The highest BCUT2D eigenvalue weighted by atomic mass is 35.5. The maximum atomic E-state index is 14.0. The first-order chi connectivity index (χ1) is 8.29. The monoisotopic (exact) mass is 266 g/mol. The van der Waals surface area contributed by atoms with Crippen LogP contribution in [-0.2, 0) is 5.41 Å². The summed E-state index contributed by atoms with van der Waals surface area (Å²) in [5, 5.41) is 0.143. The second-order valence-electron chi connectivity index (χ2n) is 5.45. The molecule has 0 fully saturated rings. The smallest absolute Gasteiger partial charge is 0.145 e. The number of halogens is 2. The lowest BCUT2D eigenvalue weighted by atomic mass is 9.85. The molecule has 0 saturated carbocycles. The van der Waals surface area contributed by atoms with E-state index in [0.717, 1.165) is 17.1 Å². The number of nitrogens with one attached hydrogen (secondary N) is 1. The third-order valence-electron chi connectivity index (χ3n) is 2.85. The maximum absolute atomic E-state index is 14.0. The van der Waals surface area contributed by atoms with Gasteiger partial charge in [-0.05, 0) is 30.0 Å². The van der Waals surface area contributed by atoms with Crippen LogP contribution in [0.4, 0.5) is 4.39 Å². The summed E-state index contributed by atoms with van der Waals surface area (Å²) in [4.78, 5) is 7.27. The van der Waals surface area contributed by atoms with E-state index in [1.165, 1.54) is 0 Å².